The molecule has 0 amide bonds. The molecule has 0 fully saturated rings. The lowest BCUT2D eigenvalue weighted by atomic mass is 10.1. The van der Waals surface area contributed by atoms with Crippen molar-refractivity contribution >= 4 is 21.6 Å². The van der Waals surface area contributed by atoms with Gasteiger partial charge >= 0.3 is 0 Å². The highest BCUT2D eigenvalue weighted by molar-refractivity contribution is 9.10. The molecule has 0 unspecified atom stereocenters. The zero-order valence-electron chi connectivity index (χ0n) is 6.97. The lowest BCUT2D eigenvalue weighted by Gasteiger charge is -2.00. The van der Waals surface area contributed by atoms with Gasteiger partial charge in [0, 0.05) is 17.2 Å². The summed E-state index contributed by atoms with van der Waals surface area (Å²) in [5.41, 5.74) is 3.98. The molecular weight excluding hydrogens is 214 g/mol. The Balaban J connectivity index is 2.61. The van der Waals surface area contributed by atoms with E-state index in [1.807, 2.05) is 7.05 Å². The molecule has 1 aromatic carbocycles. The Hall–Kier alpha value is -0.630. The predicted octanol–water partition coefficient (Wildman–Crippen LogP) is 2.81. The number of hydrogen-bond acceptors (Lipinski definition) is 1. The Morgan fingerprint density at radius 2 is 2.17 bits per heavy atom. The first-order valence-corrected chi connectivity index (χ1v) is 4.85. The smallest absolute Gasteiger partial charge is 0.0423 e. The van der Waals surface area contributed by atoms with E-state index in [0.717, 1.165) is 12.8 Å². The summed E-state index contributed by atoms with van der Waals surface area (Å²) in [6.45, 7) is 0. The van der Waals surface area contributed by atoms with E-state index in [-0.39, 0.29) is 0 Å². The normalized spacial score (nSPS) is 18.3. The molecule has 0 N–H and O–H groups in total. The van der Waals surface area contributed by atoms with Crippen molar-refractivity contribution in [2.45, 2.75) is 12.8 Å². The molecule has 2 heteroatoms. The van der Waals surface area contributed by atoms with Crippen molar-refractivity contribution < 1.29 is 0 Å². The Morgan fingerprint density at radius 1 is 1.33 bits per heavy atom. The monoisotopic (exact) mass is 223 g/mol. The fourth-order valence-corrected chi connectivity index (χ4v) is 2.26. The third kappa shape index (κ3) is 1.11. The van der Waals surface area contributed by atoms with Gasteiger partial charge in [-0.1, -0.05) is 28.1 Å². The lowest BCUT2D eigenvalue weighted by Crippen LogP contribution is -1.92. The van der Waals surface area contributed by atoms with Crippen LogP contribution in [-0.4, -0.2) is 12.8 Å². The van der Waals surface area contributed by atoms with Crippen LogP contribution < -0.4 is 0 Å². The van der Waals surface area contributed by atoms with Crippen molar-refractivity contribution in [2.24, 2.45) is 4.99 Å². The molecule has 0 atom stereocenters. The zero-order valence-corrected chi connectivity index (χ0v) is 8.56. The fraction of sp³-hybridized carbons (Fsp3) is 0.300. The van der Waals surface area contributed by atoms with E-state index >= 15 is 0 Å². The molecule has 1 aliphatic rings. The number of benzene rings is 1. The number of aliphatic imine (C=N–C) groups is 1. The molecule has 1 aromatic rings. The zero-order chi connectivity index (χ0) is 8.55. The third-order valence-corrected chi connectivity index (χ3v) is 3.05. The third-order valence-electron chi connectivity index (χ3n) is 2.31. The Bertz CT molecular complexity index is 342. The van der Waals surface area contributed by atoms with Gasteiger partial charge < -0.3 is 0 Å². The van der Waals surface area contributed by atoms with Crippen molar-refractivity contribution in [3.05, 3.63) is 33.8 Å². The molecule has 62 valence electrons. The van der Waals surface area contributed by atoms with E-state index in [9.17, 15) is 0 Å². The van der Waals surface area contributed by atoms with Crippen molar-refractivity contribution in [1.29, 1.82) is 0 Å². The van der Waals surface area contributed by atoms with Gasteiger partial charge in [0.1, 0.15) is 0 Å². The highest BCUT2D eigenvalue weighted by Crippen LogP contribution is 2.28. The average molecular weight is 224 g/mol. The summed E-state index contributed by atoms with van der Waals surface area (Å²) < 4.78 is 1.22. The van der Waals surface area contributed by atoms with Crippen LogP contribution >= 0.6 is 15.9 Å². The van der Waals surface area contributed by atoms with Gasteiger partial charge in [-0.3, -0.25) is 4.99 Å². The van der Waals surface area contributed by atoms with E-state index in [1.54, 1.807) is 0 Å². The molecule has 0 aliphatic heterocycles. The SMILES string of the molecule is CN=C1CCc2c(Br)cccc21. The number of fused-ring (bicyclic) bond motifs is 1. The standard InChI is InChI=1S/C10H10BrN/c1-12-10-6-5-7-8(10)3-2-4-9(7)11/h2-4H,5-6H2,1H3. The molecule has 1 nitrogen and oxygen atoms in total. The van der Waals surface area contributed by atoms with Crippen LogP contribution in [0.3, 0.4) is 0 Å². The second kappa shape index (κ2) is 3.02. The van der Waals surface area contributed by atoms with Gasteiger partial charge in [0.2, 0.25) is 0 Å². The summed E-state index contributed by atoms with van der Waals surface area (Å²) in [7, 11) is 1.87. The minimum Gasteiger partial charge on any atom is -0.292 e. The molecule has 0 radical (unpaired) electrons. The first-order valence-electron chi connectivity index (χ1n) is 4.06. The maximum atomic E-state index is 4.27. The summed E-state index contributed by atoms with van der Waals surface area (Å²) in [6.07, 6.45) is 2.22. The fourth-order valence-electron chi connectivity index (χ4n) is 1.69. The van der Waals surface area contributed by atoms with Crippen LogP contribution in [0.25, 0.3) is 0 Å². The lowest BCUT2D eigenvalue weighted by molar-refractivity contribution is 1.08. The van der Waals surface area contributed by atoms with Crippen LogP contribution in [0.15, 0.2) is 27.7 Å². The van der Waals surface area contributed by atoms with Crippen molar-refractivity contribution in [3.63, 3.8) is 0 Å². The van der Waals surface area contributed by atoms with Crippen LogP contribution in [-0.2, 0) is 6.42 Å². The highest BCUT2D eigenvalue weighted by Gasteiger charge is 2.18. The molecule has 0 heterocycles. The van der Waals surface area contributed by atoms with Crippen LogP contribution in [0.1, 0.15) is 17.5 Å². The number of rotatable bonds is 0. The Kier molecular flexibility index (Phi) is 2.01. The van der Waals surface area contributed by atoms with E-state index in [1.165, 1.54) is 21.3 Å². The van der Waals surface area contributed by atoms with Crippen LogP contribution in [0, 0.1) is 0 Å². The minimum atomic E-state index is 1.09. The minimum absolute atomic E-state index is 1.09. The molecule has 12 heavy (non-hydrogen) atoms. The maximum absolute atomic E-state index is 4.27. The van der Waals surface area contributed by atoms with E-state index in [0.29, 0.717) is 0 Å². The molecule has 0 bridgehead atoms. The summed E-state index contributed by atoms with van der Waals surface area (Å²) in [6, 6.07) is 6.31. The van der Waals surface area contributed by atoms with Crippen LogP contribution in [0.5, 0.6) is 0 Å². The van der Waals surface area contributed by atoms with Gasteiger partial charge in [0.05, 0.1) is 0 Å². The van der Waals surface area contributed by atoms with Gasteiger partial charge in [-0.15, -0.1) is 0 Å². The van der Waals surface area contributed by atoms with Crippen LogP contribution in [0.4, 0.5) is 0 Å². The van der Waals surface area contributed by atoms with Crippen LogP contribution in [0.2, 0.25) is 0 Å². The van der Waals surface area contributed by atoms with E-state index in [4.69, 9.17) is 0 Å². The number of nitrogens with zero attached hydrogens (tertiary/aromatic N) is 1. The molecule has 2 rings (SSSR count). The second-order valence-electron chi connectivity index (χ2n) is 2.94. The van der Waals surface area contributed by atoms with Gasteiger partial charge in [0.25, 0.3) is 0 Å². The van der Waals surface area contributed by atoms with Crippen molar-refractivity contribution in [3.8, 4) is 0 Å². The highest BCUT2D eigenvalue weighted by atomic mass is 79.9. The van der Waals surface area contributed by atoms with Crippen molar-refractivity contribution in [2.75, 3.05) is 7.05 Å². The van der Waals surface area contributed by atoms with Gasteiger partial charge in [-0.25, -0.2) is 0 Å². The van der Waals surface area contributed by atoms with E-state index in [2.05, 4.69) is 39.1 Å². The second-order valence-corrected chi connectivity index (χ2v) is 3.79. The molecule has 0 aromatic heterocycles. The summed E-state index contributed by atoms with van der Waals surface area (Å²) in [5, 5.41) is 0. The van der Waals surface area contributed by atoms with Crippen molar-refractivity contribution in [1.82, 2.24) is 0 Å². The van der Waals surface area contributed by atoms with Gasteiger partial charge in [-0.2, -0.15) is 0 Å². The molecular formula is C10H10BrN. The molecule has 1 aliphatic carbocycles. The summed E-state index contributed by atoms with van der Waals surface area (Å²) >= 11 is 3.55. The maximum Gasteiger partial charge on any atom is 0.0423 e. The number of hydrogen-bond donors (Lipinski definition) is 0. The molecule has 0 saturated carbocycles. The van der Waals surface area contributed by atoms with Gasteiger partial charge in [-0.05, 0) is 30.0 Å². The van der Waals surface area contributed by atoms with Gasteiger partial charge in [0.15, 0.2) is 0 Å². The Morgan fingerprint density at radius 3 is 2.92 bits per heavy atom. The molecule has 0 saturated heterocycles. The topological polar surface area (TPSA) is 12.4 Å². The van der Waals surface area contributed by atoms with E-state index < -0.39 is 0 Å². The average Bonchev–Trinajstić information content (AvgIpc) is 2.49. The summed E-state index contributed by atoms with van der Waals surface area (Å²) in [4.78, 5) is 4.27. The first kappa shape index (κ1) is 7.99. The largest absolute Gasteiger partial charge is 0.292 e. The number of halogens is 1. The Labute approximate surface area is 80.6 Å². The molecule has 0 spiro atoms. The summed E-state index contributed by atoms with van der Waals surface area (Å²) in [5.74, 6) is 0. The first-order chi connectivity index (χ1) is 5.83. The predicted molar refractivity (Wildman–Crippen MR) is 54.9 cm³/mol. The quantitative estimate of drug-likeness (QED) is 0.642.